The van der Waals surface area contributed by atoms with Gasteiger partial charge in [-0.25, -0.2) is 14.6 Å². The van der Waals surface area contributed by atoms with Gasteiger partial charge in [0, 0.05) is 0 Å². The number of alkyl carbamates (subject to hydrolysis) is 1. The molecule has 0 bridgehead atoms. The molecule has 0 radical (unpaired) electrons. The number of amides is 7. The molecule has 18 heteroatoms. The van der Waals surface area contributed by atoms with Crippen LogP contribution in [0.3, 0.4) is 0 Å². The number of ether oxygens (including phenoxy) is 2. The summed E-state index contributed by atoms with van der Waals surface area (Å²) in [4.78, 5) is 109. The Kier molecular flexibility index (Phi) is 13.5. The van der Waals surface area contributed by atoms with E-state index in [0.29, 0.717) is 0 Å². The molecule has 7 N–H and O–H groups in total. The normalized spacial score (nSPS) is 15.4. The number of carbonyl (C=O) groups is 8. The Labute approximate surface area is 324 Å². The molecule has 0 saturated heterocycles. The van der Waals surface area contributed by atoms with Crippen LogP contribution in [0.2, 0.25) is 0 Å². The highest BCUT2D eigenvalue weighted by Crippen LogP contribution is 2.25. The number of rotatable bonds is 14. The first kappa shape index (κ1) is 48.2. The minimum Gasteiger partial charge on any atom is -0.444 e. The quantitative estimate of drug-likeness (QED) is 0.125. The first-order chi connectivity index (χ1) is 24.1. The summed E-state index contributed by atoms with van der Waals surface area (Å²) in [6.45, 7) is 28.4. The summed E-state index contributed by atoms with van der Waals surface area (Å²) in [7, 11) is 0. The van der Waals surface area contributed by atoms with E-state index in [1.54, 1.807) is 48.5 Å². The molecule has 1 heterocycles. The molecule has 0 aromatic carbocycles. The Bertz CT molecular complexity index is 1630. The lowest BCUT2D eigenvalue weighted by atomic mass is 9.94. The number of aliphatic imine (C=N–C) groups is 1. The van der Waals surface area contributed by atoms with Gasteiger partial charge in [0.25, 0.3) is 0 Å². The maximum atomic E-state index is 13.5. The third-order valence-corrected chi connectivity index (χ3v) is 8.38. The highest BCUT2D eigenvalue weighted by molar-refractivity contribution is 6.06. The van der Waals surface area contributed by atoms with Crippen LogP contribution in [-0.2, 0) is 43.0 Å². The molecule has 0 saturated carbocycles. The third kappa shape index (κ3) is 12.9. The van der Waals surface area contributed by atoms with Crippen molar-refractivity contribution in [3.63, 3.8) is 0 Å². The molecular formula is C37H64N8O10. The highest BCUT2D eigenvalue weighted by atomic mass is 16.6. The zero-order valence-electron chi connectivity index (χ0n) is 36.0. The molecule has 312 valence electrons. The average molecular weight is 781 g/mol. The molecule has 0 fully saturated rings. The third-order valence-electron chi connectivity index (χ3n) is 8.38. The second-order valence-corrected chi connectivity index (χ2v) is 19.1. The average Bonchev–Trinajstić information content (AvgIpc) is 3.22. The van der Waals surface area contributed by atoms with Crippen molar-refractivity contribution in [2.24, 2.45) is 4.99 Å². The van der Waals surface area contributed by atoms with Crippen LogP contribution >= 0.6 is 0 Å². The zero-order valence-corrected chi connectivity index (χ0v) is 36.0. The molecule has 0 aromatic rings. The maximum Gasteiger partial charge on any atom is 0.408 e. The van der Waals surface area contributed by atoms with E-state index in [1.807, 2.05) is 0 Å². The lowest BCUT2D eigenvalue weighted by Gasteiger charge is -2.37. The predicted molar refractivity (Wildman–Crippen MR) is 204 cm³/mol. The van der Waals surface area contributed by atoms with Crippen molar-refractivity contribution in [2.45, 2.75) is 181 Å². The zero-order chi connectivity index (χ0) is 43.8. The summed E-state index contributed by atoms with van der Waals surface area (Å²) in [6, 6.07) is 0. The van der Waals surface area contributed by atoms with Crippen LogP contribution in [0.4, 0.5) is 4.79 Å². The van der Waals surface area contributed by atoms with Crippen LogP contribution < -0.4 is 37.2 Å². The van der Waals surface area contributed by atoms with E-state index in [0.717, 1.165) is 0 Å². The lowest BCUT2D eigenvalue weighted by molar-refractivity contribution is -0.142. The summed E-state index contributed by atoms with van der Waals surface area (Å²) < 4.78 is 10.5. The van der Waals surface area contributed by atoms with Crippen LogP contribution in [0.5, 0.6) is 0 Å². The summed E-state index contributed by atoms with van der Waals surface area (Å²) in [5.41, 5.74) is -12.5. The number of hydrogen-bond acceptors (Lipinski definition) is 11. The topological polar surface area (TPSA) is 252 Å². The van der Waals surface area contributed by atoms with Crippen LogP contribution in [0.1, 0.15) is 132 Å². The van der Waals surface area contributed by atoms with E-state index in [9.17, 15) is 38.4 Å². The summed E-state index contributed by atoms with van der Waals surface area (Å²) in [5, 5.41) is 18.2. The number of cyclic esters (lactones) is 1. The number of nitrogens with one attached hydrogen (secondary N) is 7. The monoisotopic (exact) mass is 780 g/mol. The molecule has 0 spiro atoms. The summed E-state index contributed by atoms with van der Waals surface area (Å²) >= 11 is 0. The molecule has 1 aliphatic rings. The Morgan fingerprint density at radius 1 is 0.473 bits per heavy atom. The standard InChI is InChI=1S/C37H64N8O10/c1-29(2,3)55-28(53)45-35(14,15)25(51)42-33(10,11)23(49)40-31(6,7)21(47)38-30(4,5)20(46)39-32(8,9)22(48)41-34(12,13)24(50)43-36(16,17)26-44-37(18,19)27(52)54-26/h1-19H3,(H,38,47)(H,39,46)(H,40,49)(H,41,48)(H,42,51)(H,43,50)(H,45,53). The number of hydrogen-bond donors (Lipinski definition) is 7. The molecule has 1 aliphatic heterocycles. The van der Waals surface area contributed by atoms with E-state index in [2.05, 4.69) is 42.2 Å². The van der Waals surface area contributed by atoms with E-state index in [4.69, 9.17) is 9.47 Å². The fourth-order valence-corrected chi connectivity index (χ4v) is 4.40. The Morgan fingerprint density at radius 3 is 0.964 bits per heavy atom. The minimum atomic E-state index is -1.62. The second kappa shape index (κ2) is 15.4. The maximum absolute atomic E-state index is 13.5. The smallest absolute Gasteiger partial charge is 0.408 e. The fraction of sp³-hybridized carbons (Fsp3) is 0.757. The highest BCUT2D eigenvalue weighted by Gasteiger charge is 2.47. The van der Waals surface area contributed by atoms with Gasteiger partial charge in [-0.2, -0.15) is 0 Å². The minimum absolute atomic E-state index is 0.0156. The van der Waals surface area contributed by atoms with Gasteiger partial charge in [0.05, 0.1) is 0 Å². The van der Waals surface area contributed by atoms with E-state index < -0.39 is 97.4 Å². The van der Waals surface area contributed by atoms with Gasteiger partial charge in [0.15, 0.2) is 5.54 Å². The SMILES string of the molecule is CC(C)(C)OC(=O)NC(C)(C)C(=O)NC(C)(C)C(=O)NC(C)(C)C(=O)NC(C)(C)C(=O)NC(C)(C)C(=O)NC(C)(C)C(=O)NC(C)(C)C1=NC(C)(C)C(=O)O1. The molecule has 18 nitrogen and oxygen atoms in total. The van der Waals surface area contributed by atoms with Gasteiger partial charge in [-0.15, -0.1) is 0 Å². The Morgan fingerprint density at radius 2 is 0.727 bits per heavy atom. The lowest BCUT2D eigenvalue weighted by Crippen LogP contribution is -2.69. The molecular weight excluding hydrogens is 716 g/mol. The number of carbonyl (C=O) groups excluding carboxylic acids is 8. The van der Waals surface area contributed by atoms with Gasteiger partial charge in [-0.05, 0) is 132 Å². The number of esters is 1. The van der Waals surface area contributed by atoms with Crippen molar-refractivity contribution in [3.8, 4) is 0 Å². The molecule has 0 aromatic heterocycles. The molecule has 1 rings (SSSR count). The first-order valence-corrected chi connectivity index (χ1v) is 17.9. The Balaban J connectivity index is 2.95. The van der Waals surface area contributed by atoms with E-state index in [-0.39, 0.29) is 5.90 Å². The van der Waals surface area contributed by atoms with Crippen molar-refractivity contribution in [1.29, 1.82) is 0 Å². The summed E-state index contributed by atoms with van der Waals surface area (Å²) in [6.07, 6.45) is -0.828. The van der Waals surface area contributed by atoms with Crippen LogP contribution in [0.25, 0.3) is 0 Å². The van der Waals surface area contributed by atoms with Crippen LogP contribution in [-0.4, -0.2) is 103 Å². The first-order valence-electron chi connectivity index (χ1n) is 17.9. The summed E-state index contributed by atoms with van der Waals surface area (Å²) in [5.74, 6) is -4.88. The van der Waals surface area contributed by atoms with Gasteiger partial charge >= 0.3 is 12.1 Å². The van der Waals surface area contributed by atoms with Crippen molar-refractivity contribution in [3.05, 3.63) is 0 Å². The number of nitrogens with zero attached hydrogens (tertiary/aromatic N) is 1. The van der Waals surface area contributed by atoms with E-state index in [1.165, 1.54) is 83.1 Å². The molecule has 55 heavy (non-hydrogen) atoms. The van der Waals surface area contributed by atoms with Crippen molar-refractivity contribution in [1.82, 2.24) is 37.2 Å². The molecule has 0 aliphatic carbocycles. The second-order valence-electron chi connectivity index (χ2n) is 19.1. The van der Waals surface area contributed by atoms with E-state index >= 15 is 0 Å². The van der Waals surface area contributed by atoms with Crippen molar-refractivity contribution < 1.29 is 47.8 Å². The van der Waals surface area contributed by atoms with Gasteiger partial charge in [-0.3, -0.25) is 28.8 Å². The van der Waals surface area contributed by atoms with Gasteiger partial charge in [0.2, 0.25) is 41.3 Å². The van der Waals surface area contributed by atoms with Crippen LogP contribution in [0.15, 0.2) is 4.99 Å². The van der Waals surface area contributed by atoms with Gasteiger partial charge < -0.3 is 46.7 Å². The van der Waals surface area contributed by atoms with Gasteiger partial charge in [0.1, 0.15) is 44.4 Å². The van der Waals surface area contributed by atoms with Crippen molar-refractivity contribution >= 4 is 53.4 Å². The van der Waals surface area contributed by atoms with Gasteiger partial charge in [-0.1, -0.05) is 0 Å². The molecule has 0 unspecified atom stereocenters. The largest absolute Gasteiger partial charge is 0.444 e. The fourth-order valence-electron chi connectivity index (χ4n) is 4.40. The van der Waals surface area contributed by atoms with Crippen LogP contribution in [0, 0.1) is 0 Å². The molecule has 7 amide bonds. The Hall–Kier alpha value is -4.77. The molecule has 0 atom stereocenters. The van der Waals surface area contributed by atoms with Crippen molar-refractivity contribution in [2.75, 3.05) is 0 Å². The predicted octanol–water partition coefficient (Wildman–Crippen LogP) is 1.39.